The van der Waals surface area contributed by atoms with E-state index < -0.39 is 10.0 Å². The largest absolute Gasteiger partial charge is 0.250 e. The molecule has 16 heavy (non-hydrogen) atoms. The van der Waals surface area contributed by atoms with Crippen LogP contribution >= 0.6 is 43.2 Å². The third-order valence-corrected chi connectivity index (χ3v) is 5.92. The molecule has 0 aliphatic carbocycles. The van der Waals surface area contributed by atoms with Crippen LogP contribution < -0.4 is 4.72 Å². The first-order valence-electron chi connectivity index (χ1n) is 4.81. The number of thiophene rings is 1. The molecule has 0 radical (unpaired) electrons. The van der Waals surface area contributed by atoms with E-state index in [0.717, 1.165) is 16.6 Å². The van der Waals surface area contributed by atoms with Crippen molar-refractivity contribution in [1.82, 2.24) is 4.72 Å². The molecule has 0 aliphatic rings. The number of hydrogen-bond donors (Lipinski definition) is 1. The molecule has 1 N–H and O–H groups in total. The minimum Gasteiger partial charge on any atom is -0.210 e. The standard InChI is InChI=1S/C9H13Br2NO2S2/c1-7(10)3-2-6-12-16(13,14)9-5-4-8(11)15-9/h4-5,7,12H,2-3,6H2,1H3. The van der Waals surface area contributed by atoms with Crippen molar-refractivity contribution in [3.63, 3.8) is 0 Å². The van der Waals surface area contributed by atoms with E-state index in [1.165, 1.54) is 11.3 Å². The van der Waals surface area contributed by atoms with Crippen LogP contribution in [-0.2, 0) is 10.0 Å². The second kappa shape index (κ2) is 6.49. The molecule has 1 unspecified atom stereocenters. The fourth-order valence-corrected chi connectivity index (χ4v) is 4.56. The lowest BCUT2D eigenvalue weighted by atomic mass is 10.2. The molecule has 92 valence electrons. The SMILES string of the molecule is CC(Br)CCCNS(=O)(=O)c1ccc(Br)s1. The second-order valence-electron chi connectivity index (χ2n) is 3.38. The second-order valence-corrected chi connectivity index (χ2v) is 9.40. The zero-order valence-corrected chi connectivity index (χ0v) is 13.5. The highest BCUT2D eigenvalue weighted by molar-refractivity contribution is 9.11. The van der Waals surface area contributed by atoms with Crippen molar-refractivity contribution in [2.75, 3.05) is 6.54 Å². The van der Waals surface area contributed by atoms with E-state index in [2.05, 4.69) is 36.6 Å². The summed E-state index contributed by atoms with van der Waals surface area (Å²) in [5.74, 6) is 0. The number of rotatable bonds is 6. The van der Waals surface area contributed by atoms with Crippen molar-refractivity contribution in [3.05, 3.63) is 15.9 Å². The van der Waals surface area contributed by atoms with E-state index in [0.29, 0.717) is 15.6 Å². The molecule has 1 heterocycles. The van der Waals surface area contributed by atoms with Gasteiger partial charge in [-0.15, -0.1) is 11.3 Å². The fourth-order valence-electron chi connectivity index (χ4n) is 1.10. The quantitative estimate of drug-likeness (QED) is 0.597. The summed E-state index contributed by atoms with van der Waals surface area (Å²) >= 11 is 7.88. The molecule has 1 aromatic rings. The Morgan fingerprint density at radius 1 is 1.50 bits per heavy atom. The summed E-state index contributed by atoms with van der Waals surface area (Å²) in [7, 11) is -3.31. The summed E-state index contributed by atoms with van der Waals surface area (Å²) in [4.78, 5) is 0.424. The van der Waals surface area contributed by atoms with Gasteiger partial charge in [-0.05, 0) is 40.9 Å². The number of alkyl halides is 1. The Hall–Kier alpha value is 0.570. The zero-order chi connectivity index (χ0) is 12.2. The number of hydrogen-bond acceptors (Lipinski definition) is 3. The molecule has 0 spiro atoms. The maximum atomic E-state index is 11.8. The average Bonchev–Trinajstić information content (AvgIpc) is 2.60. The zero-order valence-electron chi connectivity index (χ0n) is 8.74. The average molecular weight is 391 g/mol. The van der Waals surface area contributed by atoms with Crippen LogP contribution in [0.15, 0.2) is 20.1 Å². The lowest BCUT2D eigenvalue weighted by Crippen LogP contribution is -2.24. The molecule has 1 aromatic heterocycles. The highest BCUT2D eigenvalue weighted by Gasteiger charge is 2.15. The first-order chi connectivity index (χ1) is 7.42. The Bertz CT molecular complexity index is 428. The molecule has 0 fully saturated rings. The highest BCUT2D eigenvalue weighted by Crippen LogP contribution is 2.25. The van der Waals surface area contributed by atoms with Crippen LogP contribution in [0.1, 0.15) is 19.8 Å². The van der Waals surface area contributed by atoms with Crippen molar-refractivity contribution < 1.29 is 8.42 Å². The van der Waals surface area contributed by atoms with Crippen LogP contribution in [0.5, 0.6) is 0 Å². The lowest BCUT2D eigenvalue weighted by Gasteiger charge is -2.05. The van der Waals surface area contributed by atoms with Gasteiger partial charge in [-0.3, -0.25) is 0 Å². The summed E-state index contributed by atoms with van der Waals surface area (Å²) in [6, 6.07) is 3.34. The van der Waals surface area contributed by atoms with E-state index >= 15 is 0 Å². The van der Waals surface area contributed by atoms with Crippen LogP contribution in [0.25, 0.3) is 0 Å². The summed E-state index contributed by atoms with van der Waals surface area (Å²) in [5, 5.41) is 0. The Kier molecular flexibility index (Phi) is 5.93. The Morgan fingerprint density at radius 2 is 2.19 bits per heavy atom. The van der Waals surface area contributed by atoms with Gasteiger partial charge in [0.2, 0.25) is 10.0 Å². The van der Waals surface area contributed by atoms with E-state index in [1.54, 1.807) is 12.1 Å². The van der Waals surface area contributed by atoms with E-state index in [1.807, 2.05) is 6.92 Å². The maximum absolute atomic E-state index is 11.8. The molecule has 0 aromatic carbocycles. The summed E-state index contributed by atoms with van der Waals surface area (Å²) in [5.41, 5.74) is 0. The number of nitrogens with one attached hydrogen (secondary N) is 1. The van der Waals surface area contributed by atoms with E-state index in [-0.39, 0.29) is 0 Å². The predicted molar refractivity (Wildman–Crippen MR) is 74.8 cm³/mol. The molecule has 0 bridgehead atoms. The predicted octanol–water partition coefficient (Wildman–Crippen LogP) is 3.35. The van der Waals surface area contributed by atoms with Gasteiger partial charge in [-0.25, -0.2) is 13.1 Å². The van der Waals surface area contributed by atoms with Gasteiger partial charge in [0, 0.05) is 11.4 Å². The molecule has 0 saturated heterocycles. The van der Waals surface area contributed by atoms with Gasteiger partial charge >= 0.3 is 0 Å². The molecule has 0 aliphatic heterocycles. The molecule has 0 saturated carbocycles. The lowest BCUT2D eigenvalue weighted by molar-refractivity contribution is 0.579. The van der Waals surface area contributed by atoms with Gasteiger partial charge < -0.3 is 0 Å². The van der Waals surface area contributed by atoms with Gasteiger partial charge in [0.05, 0.1) is 3.79 Å². The van der Waals surface area contributed by atoms with Crippen LogP contribution in [-0.4, -0.2) is 19.8 Å². The number of halogens is 2. The molecule has 0 amide bonds. The van der Waals surface area contributed by atoms with Gasteiger partial charge in [0.25, 0.3) is 0 Å². The summed E-state index contributed by atoms with van der Waals surface area (Å²) in [6.07, 6.45) is 1.79. The van der Waals surface area contributed by atoms with E-state index in [9.17, 15) is 8.42 Å². The van der Waals surface area contributed by atoms with Gasteiger partial charge in [0.15, 0.2) is 0 Å². The number of sulfonamides is 1. The monoisotopic (exact) mass is 389 g/mol. The highest BCUT2D eigenvalue weighted by atomic mass is 79.9. The van der Waals surface area contributed by atoms with Gasteiger partial charge in [-0.1, -0.05) is 22.9 Å². The third kappa shape index (κ3) is 4.83. The topological polar surface area (TPSA) is 46.2 Å². The molecule has 7 heteroatoms. The molecule has 1 rings (SSSR count). The third-order valence-electron chi connectivity index (χ3n) is 1.88. The van der Waals surface area contributed by atoms with Gasteiger partial charge in [0.1, 0.15) is 4.21 Å². The van der Waals surface area contributed by atoms with Crippen LogP contribution in [0.3, 0.4) is 0 Å². The molecular formula is C9H13Br2NO2S2. The van der Waals surface area contributed by atoms with Crippen LogP contribution in [0.2, 0.25) is 0 Å². The maximum Gasteiger partial charge on any atom is 0.250 e. The van der Waals surface area contributed by atoms with Crippen molar-refractivity contribution in [2.24, 2.45) is 0 Å². The summed E-state index contributed by atoms with van der Waals surface area (Å²) < 4.78 is 27.3. The minimum atomic E-state index is -3.31. The van der Waals surface area contributed by atoms with Crippen molar-refractivity contribution >= 4 is 53.2 Å². The molecule has 1 atom stereocenters. The van der Waals surface area contributed by atoms with Gasteiger partial charge in [-0.2, -0.15) is 0 Å². The molecule has 3 nitrogen and oxygen atoms in total. The first-order valence-corrected chi connectivity index (χ1v) is 8.82. The fraction of sp³-hybridized carbons (Fsp3) is 0.556. The van der Waals surface area contributed by atoms with Crippen LogP contribution in [0.4, 0.5) is 0 Å². The summed E-state index contributed by atoms with van der Waals surface area (Å²) in [6.45, 7) is 2.53. The minimum absolute atomic E-state index is 0.353. The Labute approximate surface area is 117 Å². The van der Waals surface area contributed by atoms with E-state index in [4.69, 9.17) is 0 Å². The normalized spacial score (nSPS) is 13.9. The Morgan fingerprint density at radius 3 is 2.69 bits per heavy atom. The first kappa shape index (κ1) is 14.6. The van der Waals surface area contributed by atoms with Crippen molar-refractivity contribution in [3.8, 4) is 0 Å². The van der Waals surface area contributed by atoms with Crippen molar-refractivity contribution in [2.45, 2.75) is 28.8 Å². The smallest absolute Gasteiger partial charge is 0.210 e. The van der Waals surface area contributed by atoms with Crippen molar-refractivity contribution in [1.29, 1.82) is 0 Å². The Balaban J connectivity index is 2.47. The molecular weight excluding hydrogens is 378 g/mol. The van der Waals surface area contributed by atoms with Crippen LogP contribution in [0, 0.1) is 0 Å².